The molecule has 13 heteroatoms. The first kappa shape index (κ1) is 29.9. The number of nitrogens with one attached hydrogen (secondary N) is 2. The van der Waals surface area contributed by atoms with Gasteiger partial charge in [0.1, 0.15) is 5.82 Å². The van der Waals surface area contributed by atoms with Gasteiger partial charge < -0.3 is 20.4 Å². The third-order valence-corrected chi connectivity index (χ3v) is 6.14. The fraction of sp³-hybridized carbons (Fsp3) is 0.385. The van der Waals surface area contributed by atoms with Crippen LogP contribution in [-0.2, 0) is 12.4 Å². The Labute approximate surface area is 220 Å². The number of ether oxygens (including phenoxy) is 1. The van der Waals surface area contributed by atoms with Gasteiger partial charge in [-0.3, -0.25) is 4.90 Å². The molecule has 1 aliphatic heterocycles. The molecule has 39 heavy (non-hydrogen) atoms. The highest BCUT2D eigenvalue weighted by Crippen LogP contribution is 2.44. The summed E-state index contributed by atoms with van der Waals surface area (Å²) in [6, 6.07) is 4.62. The highest BCUT2D eigenvalue weighted by Gasteiger charge is 2.41. The van der Waals surface area contributed by atoms with E-state index >= 15 is 0 Å². The quantitative estimate of drug-likeness (QED) is 0.218. The van der Waals surface area contributed by atoms with E-state index in [0.29, 0.717) is 25.4 Å². The summed E-state index contributed by atoms with van der Waals surface area (Å²) in [5, 5.41) is 10.5. The summed E-state index contributed by atoms with van der Waals surface area (Å²) in [6.45, 7) is 2.67. The van der Waals surface area contributed by atoms with E-state index < -0.39 is 46.7 Å². The number of carbonyl (C=O) groups is 1. The first-order chi connectivity index (χ1) is 18.3. The highest BCUT2D eigenvalue weighted by molar-refractivity contribution is 6.10. The molecule has 0 bridgehead atoms. The summed E-state index contributed by atoms with van der Waals surface area (Å²) in [6.07, 6.45) is -6.98. The molecule has 1 aliphatic rings. The van der Waals surface area contributed by atoms with E-state index in [4.69, 9.17) is 10.1 Å². The molecule has 2 aromatic rings. The van der Waals surface area contributed by atoms with E-state index in [0.717, 1.165) is 62.6 Å². The van der Waals surface area contributed by atoms with Crippen LogP contribution in [0.5, 0.6) is 5.75 Å². The number of hydrogen-bond donors (Lipinski definition) is 2. The Morgan fingerprint density at radius 2 is 1.69 bits per heavy atom. The van der Waals surface area contributed by atoms with Gasteiger partial charge >= 0.3 is 18.4 Å². The third-order valence-electron chi connectivity index (χ3n) is 6.14. The summed E-state index contributed by atoms with van der Waals surface area (Å²) in [4.78, 5) is 15.7. The molecule has 6 nitrogen and oxygen atoms in total. The second-order valence-corrected chi connectivity index (χ2v) is 8.90. The predicted molar refractivity (Wildman–Crippen MR) is 132 cm³/mol. The normalized spacial score (nSPS) is 15.1. The van der Waals surface area contributed by atoms with Crippen LogP contribution < -0.4 is 15.0 Å². The van der Waals surface area contributed by atoms with Crippen LogP contribution in [-0.4, -0.2) is 50.4 Å². The van der Waals surface area contributed by atoms with Crippen molar-refractivity contribution in [1.29, 1.82) is 5.41 Å². The Morgan fingerprint density at radius 3 is 2.26 bits per heavy atom. The molecule has 0 spiro atoms. The Morgan fingerprint density at radius 1 is 1.05 bits per heavy atom. The van der Waals surface area contributed by atoms with Crippen LogP contribution in [0.1, 0.15) is 36.0 Å². The Bertz CT molecular complexity index is 1190. The van der Waals surface area contributed by atoms with E-state index in [1.807, 2.05) is 0 Å². The first-order valence-electron chi connectivity index (χ1n) is 12.0. The van der Waals surface area contributed by atoms with Crippen molar-refractivity contribution in [3.05, 3.63) is 65.1 Å². The number of carbonyl (C=O) groups excluding carboxylic acids is 1. The number of amides is 1. The molecule has 1 heterocycles. The van der Waals surface area contributed by atoms with Gasteiger partial charge in [-0.1, -0.05) is 6.42 Å². The Kier molecular flexibility index (Phi) is 9.59. The Hall–Kier alpha value is -3.61. The molecule has 0 aliphatic carbocycles. The van der Waals surface area contributed by atoms with Crippen molar-refractivity contribution in [1.82, 2.24) is 10.2 Å². The molecule has 1 fully saturated rings. The zero-order valence-corrected chi connectivity index (χ0v) is 20.9. The monoisotopic (exact) mass is 560 g/mol. The lowest BCUT2D eigenvalue weighted by Crippen LogP contribution is -2.34. The third kappa shape index (κ3) is 7.94. The first-order valence-corrected chi connectivity index (χ1v) is 12.0. The number of alkyl halides is 6. The number of rotatable bonds is 8. The molecule has 3 rings (SSSR count). The van der Waals surface area contributed by atoms with Crippen molar-refractivity contribution < 1.29 is 40.3 Å². The maximum absolute atomic E-state index is 14.0. The van der Waals surface area contributed by atoms with Gasteiger partial charge in [0.2, 0.25) is 0 Å². The summed E-state index contributed by atoms with van der Waals surface area (Å²) in [5.41, 5.74) is -4.52. The molecule has 0 unspecified atom stereocenters. The molecular formula is C26H27F7N4O2. The van der Waals surface area contributed by atoms with Gasteiger partial charge in [-0.25, -0.2) is 9.18 Å². The molecule has 2 N–H and O–H groups in total. The largest absolute Gasteiger partial charge is 0.420 e. The molecule has 212 valence electrons. The van der Waals surface area contributed by atoms with Gasteiger partial charge in [0.25, 0.3) is 0 Å². The number of piperidine rings is 1. The van der Waals surface area contributed by atoms with Crippen LogP contribution in [0.2, 0.25) is 0 Å². The highest BCUT2D eigenvalue weighted by atomic mass is 19.4. The summed E-state index contributed by atoms with van der Waals surface area (Å²) >= 11 is 0. The van der Waals surface area contributed by atoms with Crippen molar-refractivity contribution >= 4 is 23.6 Å². The maximum Gasteiger partial charge on any atom is 0.420 e. The van der Waals surface area contributed by atoms with Gasteiger partial charge in [-0.2, -0.15) is 26.3 Å². The predicted octanol–water partition coefficient (Wildman–Crippen LogP) is 6.56. The summed E-state index contributed by atoms with van der Waals surface area (Å²) < 4.78 is 101. The van der Waals surface area contributed by atoms with Crippen LogP contribution in [0.4, 0.5) is 41.2 Å². The molecule has 2 aromatic carbocycles. The molecular weight excluding hydrogens is 533 g/mol. The second kappa shape index (κ2) is 12.5. The van der Waals surface area contributed by atoms with Crippen LogP contribution in [0.25, 0.3) is 5.57 Å². The summed E-state index contributed by atoms with van der Waals surface area (Å²) in [5.74, 6) is -1.82. The smallest absolute Gasteiger partial charge is 0.409 e. The van der Waals surface area contributed by atoms with Crippen molar-refractivity contribution in [3.63, 3.8) is 0 Å². The molecule has 0 radical (unpaired) electrons. The number of benzene rings is 2. The molecule has 0 saturated carbocycles. The van der Waals surface area contributed by atoms with Gasteiger partial charge in [0, 0.05) is 49.4 Å². The van der Waals surface area contributed by atoms with E-state index in [2.05, 4.69) is 10.2 Å². The van der Waals surface area contributed by atoms with Crippen molar-refractivity contribution in [2.24, 2.45) is 0 Å². The van der Waals surface area contributed by atoms with Crippen molar-refractivity contribution in [3.8, 4) is 5.75 Å². The lowest BCUT2D eigenvalue weighted by molar-refractivity contribution is -0.143. The van der Waals surface area contributed by atoms with Crippen LogP contribution in [0, 0.1) is 11.2 Å². The van der Waals surface area contributed by atoms with Crippen molar-refractivity contribution in [2.45, 2.75) is 31.6 Å². The minimum Gasteiger partial charge on any atom is -0.409 e. The molecule has 1 saturated heterocycles. The van der Waals surface area contributed by atoms with E-state index in [-0.39, 0.29) is 17.3 Å². The SMILES string of the molecule is CN(C(=O)Oc1c(/C(C=N)=C/NCCN2CCCCC2)cc(C(F)(F)F)cc1C(F)(F)F)c1ccc(F)cc1. The second-order valence-electron chi connectivity index (χ2n) is 8.90. The number of nitrogens with zero attached hydrogens (tertiary/aromatic N) is 2. The number of likely N-dealkylation sites (tertiary alicyclic amines) is 1. The Balaban J connectivity index is 2.01. The zero-order valence-electron chi connectivity index (χ0n) is 20.9. The number of hydrogen-bond acceptors (Lipinski definition) is 5. The summed E-state index contributed by atoms with van der Waals surface area (Å²) in [7, 11) is 1.14. The van der Waals surface area contributed by atoms with Gasteiger partial charge in [0.15, 0.2) is 5.75 Å². The van der Waals surface area contributed by atoms with Gasteiger partial charge in [-0.15, -0.1) is 0 Å². The fourth-order valence-corrected chi connectivity index (χ4v) is 4.04. The topological polar surface area (TPSA) is 68.7 Å². The van der Waals surface area contributed by atoms with Gasteiger partial charge in [0.05, 0.1) is 11.1 Å². The average molecular weight is 561 g/mol. The van der Waals surface area contributed by atoms with E-state index in [9.17, 15) is 35.5 Å². The van der Waals surface area contributed by atoms with Crippen LogP contribution in [0.15, 0.2) is 42.6 Å². The minimum atomic E-state index is -5.34. The molecule has 0 atom stereocenters. The van der Waals surface area contributed by atoms with E-state index in [1.54, 1.807) is 0 Å². The van der Waals surface area contributed by atoms with E-state index in [1.165, 1.54) is 12.1 Å². The van der Waals surface area contributed by atoms with Crippen molar-refractivity contribution in [2.75, 3.05) is 38.1 Å². The van der Waals surface area contributed by atoms with Crippen LogP contribution >= 0.6 is 0 Å². The van der Waals surface area contributed by atoms with Gasteiger partial charge in [-0.05, 0) is 62.3 Å². The minimum absolute atomic E-state index is 0.0608. The number of allylic oxidation sites excluding steroid dienone is 1. The maximum atomic E-state index is 14.0. The standard InChI is InChI=1S/C26H27F7N4O2/c1-36(20-7-5-19(27)6-8-20)24(38)39-23-21(13-18(25(28,29)30)14-22(23)26(31,32)33)17(15-34)16-35-9-12-37-10-3-2-4-11-37/h5-8,13-16,34-35H,2-4,9-12H2,1H3/b17-16+,34-15?. The van der Waals surface area contributed by atoms with Crippen LogP contribution in [0.3, 0.4) is 0 Å². The number of halogens is 7. The molecule has 1 amide bonds. The lowest BCUT2D eigenvalue weighted by atomic mass is 9.98. The average Bonchev–Trinajstić information content (AvgIpc) is 2.88. The number of anilines is 1. The zero-order chi connectivity index (χ0) is 28.8. The lowest BCUT2D eigenvalue weighted by Gasteiger charge is -2.26. The fourth-order valence-electron chi connectivity index (χ4n) is 4.04. The molecule has 0 aromatic heterocycles.